The molecule has 0 unspecified atom stereocenters. The molecule has 1 nitrogen and oxygen atoms in total. The van der Waals surface area contributed by atoms with E-state index in [0.717, 1.165) is 16.9 Å². The van der Waals surface area contributed by atoms with Crippen molar-refractivity contribution in [3.63, 3.8) is 0 Å². The number of hydrogen-bond donors (Lipinski definition) is 0. The molecule has 0 saturated heterocycles. The number of rotatable bonds is 1. The van der Waals surface area contributed by atoms with E-state index in [1.165, 1.54) is 0 Å². The molecule has 0 bridgehead atoms. The van der Waals surface area contributed by atoms with E-state index in [1.807, 2.05) is 25.1 Å². The lowest BCUT2D eigenvalue weighted by Gasteiger charge is -2.02. The maximum absolute atomic E-state index is 5.59. The minimum atomic E-state index is 0.806. The molecule has 0 aromatic heterocycles. The maximum Gasteiger partial charge on any atom is 0.119 e. The third-order valence-electron chi connectivity index (χ3n) is 1.48. The second-order valence-corrected chi connectivity index (χ2v) is 2.22. The molecule has 0 amide bonds. The average molecular weight is 134 g/mol. The van der Waals surface area contributed by atoms with Gasteiger partial charge in [0.1, 0.15) is 5.75 Å². The number of hydrogen-bond acceptors (Lipinski definition) is 1. The number of benzene rings is 1. The lowest BCUT2D eigenvalue weighted by atomic mass is 10.1. The van der Waals surface area contributed by atoms with Crippen LogP contribution in [0.2, 0.25) is 0 Å². The molecule has 0 fully saturated rings. The predicted octanol–water partition coefficient (Wildman–Crippen LogP) is 2.06. The van der Waals surface area contributed by atoms with Crippen LogP contribution in [0.3, 0.4) is 0 Å². The summed E-state index contributed by atoms with van der Waals surface area (Å²) in [6, 6.07) is 5.60. The van der Waals surface area contributed by atoms with Crippen LogP contribution in [0.5, 0.6) is 5.75 Å². The Kier molecular flexibility index (Phi) is 1.95. The molecule has 0 N–H and O–H groups in total. The Hall–Kier alpha value is -0.980. The summed E-state index contributed by atoms with van der Waals surface area (Å²) in [6.07, 6.45) is 0. The lowest BCUT2D eigenvalue weighted by molar-refractivity contribution is 0.414. The zero-order valence-corrected chi connectivity index (χ0v) is 6.22. The summed E-state index contributed by atoms with van der Waals surface area (Å²) < 4.78 is 4.99. The summed E-state index contributed by atoms with van der Waals surface area (Å²) in [5.74, 6) is 0.853. The van der Waals surface area contributed by atoms with Crippen LogP contribution >= 0.6 is 0 Å². The predicted molar refractivity (Wildman–Crippen MR) is 41.1 cm³/mol. The van der Waals surface area contributed by atoms with Crippen LogP contribution in [-0.2, 0) is 0 Å². The molecule has 0 heterocycles. The Labute approximate surface area is 61.6 Å². The molecule has 0 saturated carbocycles. The minimum absolute atomic E-state index is 0.806. The van der Waals surface area contributed by atoms with Crippen LogP contribution in [0.15, 0.2) is 18.2 Å². The quantitative estimate of drug-likeness (QED) is 0.571. The largest absolute Gasteiger partial charge is 0.497 e. The van der Waals surface area contributed by atoms with E-state index >= 15 is 0 Å². The molecule has 0 aliphatic carbocycles. The van der Waals surface area contributed by atoms with Gasteiger partial charge in [0.15, 0.2) is 0 Å². The van der Waals surface area contributed by atoms with Crippen LogP contribution < -0.4 is 4.74 Å². The van der Waals surface area contributed by atoms with Crippen molar-refractivity contribution in [2.45, 2.75) is 6.92 Å². The van der Waals surface area contributed by atoms with E-state index in [2.05, 4.69) is 0 Å². The highest BCUT2D eigenvalue weighted by Crippen LogP contribution is 2.15. The minimum Gasteiger partial charge on any atom is -0.497 e. The smallest absolute Gasteiger partial charge is 0.119 e. The monoisotopic (exact) mass is 134 g/mol. The summed E-state index contributed by atoms with van der Waals surface area (Å²) in [6.45, 7) is 7.54. The van der Waals surface area contributed by atoms with Crippen LogP contribution in [0.1, 0.15) is 11.1 Å². The van der Waals surface area contributed by atoms with Crippen LogP contribution in [-0.4, -0.2) is 7.11 Å². The summed E-state index contributed by atoms with van der Waals surface area (Å²) in [5, 5.41) is 0. The van der Waals surface area contributed by atoms with Crippen molar-refractivity contribution < 1.29 is 4.74 Å². The van der Waals surface area contributed by atoms with Crippen molar-refractivity contribution in [1.29, 1.82) is 0 Å². The third-order valence-corrected chi connectivity index (χ3v) is 1.48. The van der Waals surface area contributed by atoms with E-state index in [0.29, 0.717) is 0 Å². The maximum atomic E-state index is 5.59. The standard InChI is InChI=1S/C9H10O/c1-7-4-5-9(10-3)6-8(7)2/h1,4-6H,2-3H3. The van der Waals surface area contributed by atoms with Crippen molar-refractivity contribution in [3.05, 3.63) is 36.2 Å². The van der Waals surface area contributed by atoms with Gasteiger partial charge in [0.05, 0.1) is 7.11 Å². The zero-order chi connectivity index (χ0) is 7.56. The first-order chi connectivity index (χ1) is 4.74. The van der Waals surface area contributed by atoms with Gasteiger partial charge in [-0.25, -0.2) is 0 Å². The zero-order valence-electron chi connectivity index (χ0n) is 6.22. The lowest BCUT2D eigenvalue weighted by Crippen LogP contribution is -1.85. The van der Waals surface area contributed by atoms with Crippen LogP contribution in [0.25, 0.3) is 0 Å². The van der Waals surface area contributed by atoms with Crippen LogP contribution in [0.4, 0.5) is 0 Å². The highest BCUT2D eigenvalue weighted by Gasteiger charge is 1.93. The van der Waals surface area contributed by atoms with Gasteiger partial charge in [-0.2, -0.15) is 0 Å². The molecule has 52 valence electrons. The van der Waals surface area contributed by atoms with Crippen molar-refractivity contribution >= 4 is 0 Å². The van der Waals surface area contributed by atoms with E-state index in [9.17, 15) is 0 Å². The fourth-order valence-corrected chi connectivity index (χ4v) is 0.775. The molecular weight excluding hydrogens is 124 g/mol. The fourth-order valence-electron chi connectivity index (χ4n) is 0.775. The highest BCUT2D eigenvalue weighted by molar-refractivity contribution is 5.35. The summed E-state index contributed by atoms with van der Waals surface area (Å²) in [5.41, 5.74) is 1.86. The molecule has 0 aliphatic rings. The van der Waals surface area contributed by atoms with Gasteiger partial charge in [-0.1, -0.05) is 6.07 Å². The van der Waals surface area contributed by atoms with Crippen LogP contribution in [0, 0.1) is 13.8 Å². The van der Waals surface area contributed by atoms with E-state index in [1.54, 1.807) is 7.11 Å². The highest BCUT2D eigenvalue weighted by atomic mass is 16.5. The van der Waals surface area contributed by atoms with Crippen molar-refractivity contribution in [2.75, 3.05) is 7.11 Å². The average Bonchev–Trinajstić information content (AvgIpc) is 1.95. The first-order valence-electron chi connectivity index (χ1n) is 3.14. The molecule has 2 radical (unpaired) electrons. The van der Waals surface area contributed by atoms with Crippen molar-refractivity contribution in [1.82, 2.24) is 0 Å². The Balaban J connectivity index is 3.04. The van der Waals surface area contributed by atoms with E-state index < -0.39 is 0 Å². The number of ether oxygens (including phenoxy) is 1. The molecule has 10 heavy (non-hydrogen) atoms. The van der Waals surface area contributed by atoms with Crippen molar-refractivity contribution in [2.24, 2.45) is 0 Å². The molecule has 1 aromatic rings. The van der Waals surface area contributed by atoms with E-state index in [4.69, 9.17) is 11.7 Å². The first kappa shape index (κ1) is 7.13. The van der Waals surface area contributed by atoms with Gasteiger partial charge in [-0.15, -0.1) is 0 Å². The number of aryl methyl sites for hydroxylation is 1. The topological polar surface area (TPSA) is 9.23 Å². The summed E-state index contributed by atoms with van der Waals surface area (Å²) in [4.78, 5) is 0. The molecule has 1 rings (SSSR count). The number of methoxy groups -OCH3 is 1. The Morgan fingerprint density at radius 1 is 1.40 bits per heavy atom. The normalized spacial score (nSPS) is 9.50. The fraction of sp³-hybridized carbons (Fsp3) is 0.222. The molecule has 0 atom stereocenters. The second-order valence-electron chi connectivity index (χ2n) is 2.22. The summed E-state index contributed by atoms with van der Waals surface area (Å²) >= 11 is 0. The Morgan fingerprint density at radius 3 is 2.60 bits per heavy atom. The Morgan fingerprint density at radius 2 is 2.10 bits per heavy atom. The molecule has 1 heteroatoms. The van der Waals surface area contributed by atoms with Crippen molar-refractivity contribution in [3.8, 4) is 5.75 Å². The third kappa shape index (κ3) is 1.29. The Bertz CT molecular complexity index is 228. The molecule has 0 aliphatic heterocycles. The van der Waals surface area contributed by atoms with Gasteiger partial charge in [0, 0.05) is 0 Å². The van der Waals surface area contributed by atoms with E-state index in [-0.39, 0.29) is 0 Å². The second kappa shape index (κ2) is 2.74. The molecule has 0 spiro atoms. The van der Waals surface area contributed by atoms with Gasteiger partial charge < -0.3 is 4.74 Å². The van der Waals surface area contributed by atoms with Gasteiger partial charge in [-0.3, -0.25) is 0 Å². The van der Waals surface area contributed by atoms with Gasteiger partial charge in [0.2, 0.25) is 0 Å². The van der Waals surface area contributed by atoms with Gasteiger partial charge >= 0.3 is 0 Å². The summed E-state index contributed by atoms with van der Waals surface area (Å²) in [7, 11) is 1.64. The molecular formula is C9H10O. The van der Waals surface area contributed by atoms with Gasteiger partial charge in [0.25, 0.3) is 0 Å². The SMILES string of the molecule is [CH]c1ccc(OC)cc1C. The first-order valence-corrected chi connectivity index (χ1v) is 3.14. The molecule has 1 aromatic carbocycles. The van der Waals surface area contributed by atoms with Gasteiger partial charge in [-0.05, 0) is 37.1 Å².